The lowest BCUT2D eigenvalue weighted by atomic mass is 9.99. The fourth-order valence-electron chi connectivity index (χ4n) is 2.82. The minimum atomic E-state index is -0.550. The number of benzene rings is 2. The monoisotopic (exact) mass is 351 g/mol. The molecule has 7 heteroatoms. The summed E-state index contributed by atoms with van der Waals surface area (Å²) in [5.74, 6) is -0.398. The van der Waals surface area contributed by atoms with Gasteiger partial charge in [0, 0.05) is 36.0 Å². The lowest BCUT2D eigenvalue weighted by molar-refractivity contribution is -0.384. The van der Waals surface area contributed by atoms with Gasteiger partial charge < -0.3 is 4.90 Å². The average Bonchev–Trinajstić information content (AvgIpc) is 2.67. The predicted octanol–water partition coefficient (Wildman–Crippen LogP) is 4.38. The number of rotatable bonds is 5. The van der Waals surface area contributed by atoms with Crippen molar-refractivity contribution in [3.63, 3.8) is 0 Å². The summed E-state index contributed by atoms with van der Waals surface area (Å²) in [5.41, 5.74) is 1.13. The third kappa shape index (κ3) is 3.02. The van der Waals surface area contributed by atoms with Crippen LogP contribution < -0.4 is 4.90 Å². The van der Waals surface area contributed by atoms with Crippen molar-refractivity contribution in [2.75, 3.05) is 11.9 Å². The summed E-state index contributed by atoms with van der Waals surface area (Å²) >= 11 is 0. The molecule has 0 aliphatic rings. The highest BCUT2D eigenvalue weighted by Crippen LogP contribution is 2.39. The van der Waals surface area contributed by atoms with Crippen molar-refractivity contribution in [3.8, 4) is 11.1 Å². The highest BCUT2D eigenvalue weighted by molar-refractivity contribution is 5.95. The van der Waals surface area contributed by atoms with E-state index < -0.39 is 10.7 Å². The smallest absolute Gasteiger partial charge is 0.311 e. The van der Waals surface area contributed by atoms with Crippen molar-refractivity contribution >= 4 is 23.5 Å². The number of para-hydroxylation sites is 1. The van der Waals surface area contributed by atoms with Crippen molar-refractivity contribution in [3.05, 3.63) is 82.3 Å². The molecule has 0 amide bonds. The van der Waals surface area contributed by atoms with Crippen LogP contribution in [0.4, 0.5) is 21.6 Å². The van der Waals surface area contributed by atoms with E-state index in [0.29, 0.717) is 17.5 Å². The Balaban J connectivity index is 2.27. The summed E-state index contributed by atoms with van der Waals surface area (Å²) in [6.45, 7) is 0. The first-order valence-electron chi connectivity index (χ1n) is 7.71. The van der Waals surface area contributed by atoms with Gasteiger partial charge in [0.1, 0.15) is 5.82 Å². The van der Waals surface area contributed by atoms with Crippen LogP contribution in [0.25, 0.3) is 11.1 Å². The van der Waals surface area contributed by atoms with Crippen LogP contribution in [0, 0.1) is 15.9 Å². The van der Waals surface area contributed by atoms with Crippen LogP contribution in [-0.2, 0) is 0 Å². The number of hydrogen-bond acceptors (Lipinski definition) is 5. The van der Waals surface area contributed by atoms with Crippen LogP contribution in [0.5, 0.6) is 0 Å². The highest BCUT2D eigenvalue weighted by Gasteiger charge is 2.24. The molecule has 3 rings (SSSR count). The summed E-state index contributed by atoms with van der Waals surface area (Å²) in [6, 6.07) is 13.8. The van der Waals surface area contributed by atoms with Gasteiger partial charge in [-0.15, -0.1) is 0 Å². The summed E-state index contributed by atoms with van der Waals surface area (Å²) in [7, 11) is 1.56. The summed E-state index contributed by atoms with van der Waals surface area (Å²) in [6.07, 6.45) is 2.05. The molecule has 0 atom stereocenters. The molecule has 0 bridgehead atoms. The molecular formula is C19H14FN3O3. The van der Waals surface area contributed by atoms with Gasteiger partial charge in [-0.3, -0.25) is 14.9 Å². The Morgan fingerprint density at radius 1 is 1.08 bits per heavy atom. The van der Waals surface area contributed by atoms with E-state index in [0.717, 1.165) is 0 Å². The Hall–Kier alpha value is -3.61. The standard InChI is InChI=1S/C19H14FN3O3/c1-22(19-17(23(25)26)10-5-11-21-19)18-13(12-24)6-4-8-15(18)14-7-2-3-9-16(14)20/h2-12H,1H3. The molecule has 0 unspecified atom stereocenters. The Morgan fingerprint density at radius 2 is 1.81 bits per heavy atom. The van der Waals surface area contributed by atoms with Crippen molar-refractivity contribution in [1.29, 1.82) is 0 Å². The maximum atomic E-state index is 14.3. The van der Waals surface area contributed by atoms with Crippen LogP contribution in [0.3, 0.4) is 0 Å². The second-order valence-corrected chi connectivity index (χ2v) is 5.50. The molecule has 0 N–H and O–H groups in total. The predicted molar refractivity (Wildman–Crippen MR) is 96.2 cm³/mol. The number of anilines is 2. The number of carbonyl (C=O) groups is 1. The number of pyridine rings is 1. The number of carbonyl (C=O) groups excluding carboxylic acids is 1. The van der Waals surface area contributed by atoms with Gasteiger partial charge in [-0.05, 0) is 18.2 Å². The first kappa shape index (κ1) is 17.2. The van der Waals surface area contributed by atoms with Gasteiger partial charge >= 0.3 is 5.69 Å². The second-order valence-electron chi connectivity index (χ2n) is 5.50. The molecule has 0 saturated carbocycles. The van der Waals surface area contributed by atoms with Crippen LogP contribution in [0.2, 0.25) is 0 Å². The second kappa shape index (κ2) is 7.10. The van der Waals surface area contributed by atoms with Gasteiger partial charge in [-0.2, -0.15) is 0 Å². The minimum Gasteiger partial charge on any atom is -0.323 e. The third-order valence-electron chi connectivity index (χ3n) is 3.97. The molecule has 0 aliphatic heterocycles. The zero-order valence-corrected chi connectivity index (χ0v) is 13.8. The van der Waals surface area contributed by atoms with Gasteiger partial charge in [0.15, 0.2) is 6.29 Å². The molecule has 0 spiro atoms. The maximum absolute atomic E-state index is 14.3. The lowest BCUT2D eigenvalue weighted by Gasteiger charge is -2.23. The first-order chi connectivity index (χ1) is 12.5. The largest absolute Gasteiger partial charge is 0.323 e. The fourth-order valence-corrected chi connectivity index (χ4v) is 2.82. The number of aldehydes is 1. The fraction of sp³-hybridized carbons (Fsp3) is 0.0526. The normalized spacial score (nSPS) is 10.4. The molecule has 0 radical (unpaired) electrons. The molecular weight excluding hydrogens is 337 g/mol. The van der Waals surface area contributed by atoms with Gasteiger partial charge in [-0.1, -0.05) is 30.3 Å². The van der Waals surface area contributed by atoms with Crippen LogP contribution in [0.1, 0.15) is 10.4 Å². The first-order valence-corrected chi connectivity index (χ1v) is 7.71. The number of aromatic nitrogens is 1. The van der Waals surface area contributed by atoms with E-state index in [1.54, 1.807) is 43.4 Å². The lowest BCUT2D eigenvalue weighted by Crippen LogP contribution is -2.16. The molecule has 0 saturated heterocycles. The summed E-state index contributed by atoms with van der Waals surface area (Å²) in [5, 5.41) is 11.3. The van der Waals surface area contributed by atoms with E-state index in [1.165, 1.54) is 29.3 Å². The SMILES string of the molecule is CN(c1ncccc1[N+](=O)[O-])c1c(C=O)cccc1-c1ccccc1F. The molecule has 3 aromatic rings. The van der Waals surface area contributed by atoms with Gasteiger partial charge in [0.2, 0.25) is 5.82 Å². The van der Waals surface area contributed by atoms with E-state index in [1.807, 2.05) is 0 Å². The summed E-state index contributed by atoms with van der Waals surface area (Å²) < 4.78 is 14.3. The Labute approximate surface area is 148 Å². The van der Waals surface area contributed by atoms with E-state index in [-0.39, 0.29) is 22.6 Å². The zero-order chi connectivity index (χ0) is 18.7. The van der Waals surface area contributed by atoms with E-state index in [2.05, 4.69) is 4.98 Å². The van der Waals surface area contributed by atoms with E-state index >= 15 is 0 Å². The van der Waals surface area contributed by atoms with Crippen molar-refractivity contribution in [1.82, 2.24) is 4.98 Å². The molecule has 6 nitrogen and oxygen atoms in total. The van der Waals surface area contributed by atoms with Crippen molar-refractivity contribution in [2.24, 2.45) is 0 Å². The minimum absolute atomic E-state index is 0.0596. The van der Waals surface area contributed by atoms with Gasteiger partial charge in [-0.25, -0.2) is 9.37 Å². The molecule has 1 aromatic heterocycles. The molecule has 0 fully saturated rings. The van der Waals surface area contributed by atoms with Crippen molar-refractivity contribution in [2.45, 2.75) is 0 Å². The number of hydrogen-bond donors (Lipinski definition) is 0. The molecule has 26 heavy (non-hydrogen) atoms. The maximum Gasteiger partial charge on any atom is 0.311 e. The van der Waals surface area contributed by atoms with Crippen LogP contribution >= 0.6 is 0 Å². The number of nitrogens with zero attached hydrogens (tertiary/aromatic N) is 3. The molecule has 2 aromatic carbocycles. The van der Waals surface area contributed by atoms with Crippen LogP contribution in [-0.4, -0.2) is 23.2 Å². The highest BCUT2D eigenvalue weighted by atomic mass is 19.1. The topological polar surface area (TPSA) is 76.3 Å². The Kier molecular flexibility index (Phi) is 4.70. The Bertz CT molecular complexity index is 991. The van der Waals surface area contributed by atoms with Gasteiger partial charge in [0.25, 0.3) is 0 Å². The average molecular weight is 351 g/mol. The van der Waals surface area contributed by atoms with E-state index in [9.17, 15) is 19.3 Å². The zero-order valence-electron chi connectivity index (χ0n) is 13.8. The molecule has 130 valence electrons. The molecule has 0 aliphatic carbocycles. The van der Waals surface area contributed by atoms with E-state index in [4.69, 9.17) is 0 Å². The number of halogens is 1. The third-order valence-corrected chi connectivity index (χ3v) is 3.97. The molecule has 1 heterocycles. The van der Waals surface area contributed by atoms with Crippen molar-refractivity contribution < 1.29 is 14.1 Å². The van der Waals surface area contributed by atoms with Crippen LogP contribution in [0.15, 0.2) is 60.8 Å². The summed E-state index contributed by atoms with van der Waals surface area (Å²) in [4.78, 5) is 27.9. The number of nitro groups is 1. The quantitative estimate of drug-likeness (QED) is 0.387. The van der Waals surface area contributed by atoms with Gasteiger partial charge in [0.05, 0.1) is 10.6 Å². The Morgan fingerprint density at radius 3 is 2.50 bits per heavy atom.